The molecule has 0 saturated heterocycles. The van der Waals surface area contributed by atoms with Crippen molar-refractivity contribution in [1.82, 2.24) is 0 Å². The minimum Gasteiger partial charge on any atom is -0.302 e. The van der Waals surface area contributed by atoms with Crippen LogP contribution in [0.4, 0.5) is 0 Å². The quantitative estimate of drug-likeness (QED) is 0.284. The zero-order valence-electron chi connectivity index (χ0n) is 12.0. The second-order valence-corrected chi connectivity index (χ2v) is 7.64. The molecule has 0 aliphatic rings. The third kappa shape index (κ3) is 4.17. The lowest BCUT2D eigenvalue weighted by Gasteiger charge is -2.27. The first-order valence-corrected chi connectivity index (χ1v) is 8.99. The molecule has 0 aliphatic heterocycles. The van der Waals surface area contributed by atoms with Crippen LogP contribution in [-0.4, -0.2) is 25.3 Å². The Hall–Kier alpha value is -1.13. The van der Waals surface area contributed by atoms with Crippen molar-refractivity contribution in [2.75, 3.05) is 5.88 Å². The highest BCUT2D eigenvalue weighted by Crippen LogP contribution is 2.33. The Morgan fingerprint density at radius 2 is 1.76 bits per heavy atom. The number of carbonyl (C=O) groups excluding carboxylic acids is 1. The Kier molecular flexibility index (Phi) is 7.12. The van der Waals surface area contributed by atoms with E-state index >= 15 is 0 Å². The van der Waals surface area contributed by atoms with Crippen LogP contribution in [0, 0.1) is 0 Å². The van der Waals surface area contributed by atoms with Crippen molar-refractivity contribution in [3.05, 3.63) is 43.0 Å². The fraction of sp³-hybridized carbons (Fsp3) is 0.438. The number of hydrogen-bond donors (Lipinski definition) is 0. The lowest BCUT2D eigenvalue weighted by Crippen LogP contribution is -2.40. The summed E-state index contributed by atoms with van der Waals surface area (Å²) < 4.78 is 24.4. The number of hydrogen-bond acceptors (Lipinski definition) is 3. The Morgan fingerprint density at radius 1 is 1.14 bits per heavy atom. The van der Waals surface area contributed by atoms with Crippen molar-refractivity contribution < 1.29 is 13.2 Å². The molecule has 0 N–H and O–H groups in total. The summed E-state index contributed by atoms with van der Waals surface area (Å²) >= 11 is 5.70. The Morgan fingerprint density at radius 3 is 2.29 bits per heavy atom. The van der Waals surface area contributed by atoms with Crippen LogP contribution in [0.2, 0.25) is 0 Å². The summed E-state index contributed by atoms with van der Waals surface area (Å²) in [4.78, 5) is 11.9. The van der Waals surface area contributed by atoms with Crippen molar-refractivity contribution in [3.8, 4) is 0 Å². The number of aldehydes is 1. The maximum absolute atomic E-state index is 12.9. The van der Waals surface area contributed by atoms with Crippen LogP contribution in [0.15, 0.2) is 47.9 Å². The van der Waals surface area contributed by atoms with Gasteiger partial charge in [0.25, 0.3) is 0 Å². The van der Waals surface area contributed by atoms with Crippen LogP contribution < -0.4 is 0 Å². The largest absolute Gasteiger partial charge is 0.302 e. The first kappa shape index (κ1) is 17.9. The van der Waals surface area contributed by atoms with Crippen LogP contribution in [0.1, 0.15) is 32.1 Å². The van der Waals surface area contributed by atoms with Crippen molar-refractivity contribution >= 4 is 27.7 Å². The number of halogens is 1. The molecule has 0 bridgehead atoms. The summed E-state index contributed by atoms with van der Waals surface area (Å²) in [7, 11) is -3.73. The van der Waals surface area contributed by atoms with Gasteiger partial charge in [-0.15, -0.1) is 18.2 Å². The van der Waals surface area contributed by atoms with Gasteiger partial charge in [-0.1, -0.05) is 24.3 Å². The first-order valence-electron chi connectivity index (χ1n) is 6.97. The average molecular weight is 329 g/mol. The SMILES string of the molecule is C=CCCCC(C=O)(CCCCl)S(=O)(=O)c1ccccc1. The van der Waals surface area contributed by atoms with Gasteiger partial charge in [0, 0.05) is 5.88 Å². The summed E-state index contributed by atoms with van der Waals surface area (Å²) in [5.41, 5.74) is 0. The van der Waals surface area contributed by atoms with E-state index in [0.29, 0.717) is 31.4 Å². The van der Waals surface area contributed by atoms with Gasteiger partial charge >= 0.3 is 0 Å². The first-order chi connectivity index (χ1) is 10.0. The molecule has 0 aliphatic carbocycles. The second-order valence-electron chi connectivity index (χ2n) is 4.97. The predicted octanol–water partition coefficient (Wildman–Crippen LogP) is 3.77. The van der Waals surface area contributed by atoms with Gasteiger partial charge in [0.2, 0.25) is 0 Å². The third-order valence-corrected chi connectivity index (χ3v) is 6.28. The summed E-state index contributed by atoms with van der Waals surface area (Å²) in [5.74, 6) is 0.335. The van der Waals surface area contributed by atoms with Gasteiger partial charge in [-0.3, -0.25) is 0 Å². The number of carbonyl (C=O) groups is 1. The molecular weight excluding hydrogens is 308 g/mol. The van der Waals surface area contributed by atoms with Crippen molar-refractivity contribution in [2.24, 2.45) is 0 Å². The van der Waals surface area contributed by atoms with E-state index < -0.39 is 14.6 Å². The molecule has 1 aromatic carbocycles. The molecular formula is C16H21ClO3S. The van der Waals surface area contributed by atoms with Gasteiger partial charge in [-0.05, 0) is 44.2 Å². The molecule has 1 aromatic rings. The van der Waals surface area contributed by atoms with Crippen molar-refractivity contribution in [1.29, 1.82) is 0 Å². The van der Waals surface area contributed by atoms with E-state index in [0.717, 1.165) is 0 Å². The van der Waals surface area contributed by atoms with Gasteiger partial charge < -0.3 is 4.79 Å². The van der Waals surface area contributed by atoms with Crippen LogP contribution >= 0.6 is 11.6 Å². The maximum atomic E-state index is 12.9. The molecule has 0 heterocycles. The zero-order chi connectivity index (χ0) is 15.8. The summed E-state index contributed by atoms with van der Waals surface area (Å²) in [6.07, 6.45) is 4.63. The molecule has 1 atom stereocenters. The van der Waals surface area contributed by atoms with Gasteiger partial charge in [0.05, 0.1) is 4.90 Å². The molecule has 5 heteroatoms. The molecule has 0 fully saturated rings. The normalized spacial score (nSPS) is 14.3. The van der Waals surface area contributed by atoms with Gasteiger partial charge in [-0.25, -0.2) is 8.42 Å². The number of allylic oxidation sites excluding steroid dienone is 1. The van der Waals surface area contributed by atoms with Gasteiger partial charge in [0.15, 0.2) is 9.84 Å². The maximum Gasteiger partial charge on any atom is 0.190 e. The van der Waals surface area contributed by atoms with Crippen molar-refractivity contribution in [2.45, 2.75) is 41.7 Å². The van der Waals surface area contributed by atoms with E-state index in [4.69, 9.17) is 11.6 Å². The monoisotopic (exact) mass is 328 g/mol. The van der Waals surface area contributed by atoms with Gasteiger partial charge in [0.1, 0.15) is 11.0 Å². The second kappa shape index (κ2) is 8.35. The van der Waals surface area contributed by atoms with E-state index in [1.54, 1.807) is 24.3 Å². The van der Waals surface area contributed by atoms with E-state index in [-0.39, 0.29) is 17.7 Å². The number of rotatable bonds is 10. The fourth-order valence-electron chi connectivity index (χ4n) is 2.32. The van der Waals surface area contributed by atoms with Crippen LogP contribution in [0.5, 0.6) is 0 Å². The van der Waals surface area contributed by atoms with E-state index in [1.807, 2.05) is 0 Å². The zero-order valence-corrected chi connectivity index (χ0v) is 13.6. The van der Waals surface area contributed by atoms with E-state index in [9.17, 15) is 13.2 Å². The third-order valence-electron chi connectivity index (χ3n) is 3.55. The topological polar surface area (TPSA) is 51.2 Å². The van der Waals surface area contributed by atoms with Crippen LogP contribution in [0.3, 0.4) is 0 Å². The molecule has 1 unspecified atom stereocenters. The molecule has 1 rings (SSSR count). The highest BCUT2D eigenvalue weighted by Gasteiger charge is 2.43. The van der Waals surface area contributed by atoms with Gasteiger partial charge in [-0.2, -0.15) is 0 Å². The molecule has 3 nitrogen and oxygen atoms in total. The molecule has 116 valence electrons. The summed E-state index contributed by atoms with van der Waals surface area (Å²) in [6, 6.07) is 8.13. The lowest BCUT2D eigenvalue weighted by atomic mass is 9.97. The predicted molar refractivity (Wildman–Crippen MR) is 86.4 cm³/mol. The Labute approximate surface area is 131 Å². The Bertz CT molecular complexity index is 554. The molecule has 0 saturated carbocycles. The van der Waals surface area contributed by atoms with E-state index in [1.165, 1.54) is 12.1 Å². The molecule has 0 aromatic heterocycles. The average Bonchev–Trinajstić information content (AvgIpc) is 2.51. The molecule has 0 spiro atoms. The van der Waals surface area contributed by atoms with Crippen LogP contribution in [0.25, 0.3) is 0 Å². The summed E-state index contributed by atoms with van der Waals surface area (Å²) in [5, 5.41) is 0. The fourth-order valence-corrected chi connectivity index (χ4v) is 4.39. The number of unbranched alkanes of at least 4 members (excludes halogenated alkanes) is 1. The Balaban J connectivity index is 3.20. The molecule has 0 amide bonds. The highest BCUT2D eigenvalue weighted by atomic mass is 35.5. The number of benzene rings is 1. The minimum atomic E-state index is -3.73. The number of alkyl halides is 1. The number of sulfone groups is 1. The molecule has 21 heavy (non-hydrogen) atoms. The summed E-state index contributed by atoms with van der Waals surface area (Å²) in [6.45, 7) is 3.63. The molecule has 0 radical (unpaired) electrons. The lowest BCUT2D eigenvalue weighted by molar-refractivity contribution is -0.110. The standard InChI is InChI=1S/C16H21ClO3S/c1-2-3-7-11-16(14-18,12-8-13-17)21(19,20)15-9-5-4-6-10-15/h2,4-6,9-10,14H,1,3,7-8,11-13H2. The van der Waals surface area contributed by atoms with Crippen molar-refractivity contribution in [3.63, 3.8) is 0 Å². The van der Waals surface area contributed by atoms with Crippen LogP contribution in [-0.2, 0) is 14.6 Å². The smallest absolute Gasteiger partial charge is 0.190 e. The minimum absolute atomic E-state index is 0.185. The van der Waals surface area contributed by atoms with E-state index in [2.05, 4.69) is 6.58 Å². The highest BCUT2D eigenvalue weighted by molar-refractivity contribution is 7.93.